The maximum absolute atomic E-state index is 12.4. The van der Waals surface area contributed by atoms with Crippen LogP contribution in [0.15, 0.2) is 24.3 Å². The number of nitrogens with two attached hydrogens (primary N) is 1. The Morgan fingerprint density at radius 1 is 1.36 bits per heavy atom. The molecule has 0 aliphatic carbocycles. The minimum atomic E-state index is -0.442. The topological polar surface area (TPSA) is 98.7 Å². The predicted molar refractivity (Wildman–Crippen MR) is 98.0 cm³/mol. The van der Waals surface area contributed by atoms with Crippen LogP contribution in [0.2, 0.25) is 0 Å². The molecular formula is C17H26ClN3O4. The van der Waals surface area contributed by atoms with E-state index in [-0.39, 0.29) is 36.0 Å². The molecule has 0 spiro atoms. The molecule has 7 nitrogen and oxygen atoms in total. The van der Waals surface area contributed by atoms with Crippen LogP contribution in [0.25, 0.3) is 0 Å². The number of non-ortho nitro benzene ring substituents is 1. The molecular weight excluding hydrogens is 346 g/mol. The largest absolute Gasteiger partial charge is 0.490 e. The average Bonchev–Trinajstić information content (AvgIpc) is 2.61. The third-order valence-electron chi connectivity index (χ3n) is 4.65. The number of carbonyl (C=O) groups is 1. The number of nitro groups is 1. The van der Waals surface area contributed by atoms with E-state index in [9.17, 15) is 14.9 Å². The number of likely N-dealkylation sites (tertiary alicyclic amines) is 1. The van der Waals surface area contributed by atoms with E-state index in [4.69, 9.17) is 10.5 Å². The second-order valence-electron chi connectivity index (χ2n) is 6.30. The Morgan fingerprint density at radius 2 is 1.92 bits per heavy atom. The minimum absolute atomic E-state index is 0. The molecule has 25 heavy (non-hydrogen) atoms. The second kappa shape index (κ2) is 9.58. The highest BCUT2D eigenvalue weighted by molar-refractivity contribution is 5.85. The van der Waals surface area contributed by atoms with Gasteiger partial charge in [0.05, 0.1) is 11.0 Å². The van der Waals surface area contributed by atoms with Crippen molar-refractivity contribution < 1.29 is 14.5 Å². The van der Waals surface area contributed by atoms with Gasteiger partial charge in [-0.1, -0.05) is 20.3 Å². The van der Waals surface area contributed by atoms with Crippen LogP contribution >= 0.6 is 12.4 Å². The van der Waals surface area contributed by atoms with E-state index >= 15 is 0 Å². The summed E-state index contributed by atoms with van der Waals surface area (Å²) in [4.78, 5) is 24.4. The molecule has 2 N–H and O–H groups in total. The number of rotatable bonds is 6. The Kier molecular flexibility index (Phi) is 8.12. The molecule has 0 aromatic heterocycles. The van der Waals surface area contributed by atoms with Gasteiger partial charge in [0, 0.05) is 38.1 Å². The normalized spacial score (nSPS) is 17.3. The van der Waals surface area contributed by atoms with Crippen molar-refractivity contribution >= 4 is 24.0 Å². The van der Waals surface area contributed by atoms with Crippen molar-refractivity contribution in [2.24, 2.45) is 11.7 Å². The number of benzene rings is 1. The summed E-state index contributed by atoms with van der Waals surface area (Å²) in [5.74, 6) is 0.798. The number of carbonyl (C=O) groups excluding carboxylic acids is 1. The lowest BCUT2D eigenvalue weighted by atomic mass is 9.97. The molecule has 1 heterocycles. The first-order valence-corrected chi connectivity index (χ1v) is 8.37. The van der Waals surface area contributed by atoms with E-state index in [1.807, 2.05) is 18.7 Å². The summed E-state index contributed by atoms with van der Waals surface area (Å²) in [6, 6.07) is 5.63. The SMILES string of the molecule is CCC(C)C(N)C(=O)N1CCC(Oc2ccc([N+](=O)[O-])cc2)CC1.Cl. The standard InChI is InChI=1S/C17H25N3O4.ClH/c1-3-12(2)16(18)17(21)19-10-8-15(9-11-19)24-14-6-4-13(5-7-14)20(22)23;/h4-7,12,15-16H,3,8-11,18H2,1-2H3;1H. The number of hydrogen-bond donors (Lipinski definition) is 1. The predicted octanol–water partition coefficient (Wildman–Crippen LogP) is 2.76. The maximum Gasteiger partial charge on any atom is 0.269 e. The fourth-order valence-corrected chi connectivity index (χ4v) is 2.74. The summed E-state index contributed by atoms with van der Waals surface area (Å²) >= 11 is 0. The number of amides is 1. The monoisotopic (exact) mass is 371 g/mol. The Labute approximate surface area is 154 Å². The third-order valence-corrected chi connectivity index (χ3v) is 4.65. The summed E-state index contributed by atoms with van der Waals surface area (Å²) in [5.41, 5.74) is 6.06. The molecule has 140 valence electrons. The first kappa shape index (κ1) is 21.2. The van der Waals surface area contributed by atoms with Crippen molar-refractivity contribution in [2.45, 2.75) is 45.3 Å². The first-order chi connectivity index (χ1) is 11.4. The second-order valence-corrected chi connectivity index (χ2v) is 6.30. The lowest BCUT2D eigenvalue weighted by molar-refractivity contribution is -0.384. The van der Waals surface area contributed by atoms with Crippen LogP contribution in [0.3, 0.4) is 0 Å². The van der Waals surface area contributed by atoms with Crippen molar-refractivity contribution in [1.82, 2.24) is 4.90 Å². The number of ether oxygens (including phenoxy) is 1. The fourth-order valence-electron chi connectivity index (χ4n) is 2.74. The molecule has 2 unspecified atom stereocenters. The Balaban J connectivity index is 0.00000312. The first-order valence-electron chi connectivity index (χ1n) is 8.37. The van der Waals surface area contributed by atoms with Crippen molar-refractivity contribution in [3.05, 3.63) is 34.4 Å². The van der Waals surface area contributed by atoms with Crippen molar-refractivity contribution in [3.63, 3.8) is 0 Å². The van der Waals surface area contributed by atoms with Gasteiger partial charge < -0.3 is 15.4 Å². The van der Waals surface area contributed by atoms with Gasteiger partial charge in [-0.15, -0.1) is 12.4 Å². The van der Waals surface area contributed by atoms with Crippen LogP contribution in [0.5, 0.6) is 5.75 Å². The molecule has 1 aromatic rings. The van der Waals surface area contributed by atoms with E-state index in [1.54, 1.807) is 12.1 Å². The van der Waals surface area contributed by atoms with Crippen molar-refractivity contribution in [2.75, 3.05) is 13.1 Å². The van der Waals surface area contributed by atoms with E-state index < -0.39 is 11.0 Å². The molecule has 2 rings (SSSR count). The fraction of sp³-hybridized carbons (Fsp3) is 0.588. The zero-order valence-corrected chi connectivity index (χ0v) is 15.4. The molecule has 1 saturated heterocycles. The van der Waals surface area contributed by atoms with E-state index in [2.05, 4.69) is 0 Å². The van der Waals surface area contributed by atoms with Gasteiger partial charge in [0.15, 0.2) is 0 Å². The molecule has 0 saturated carbocycles. The van der Waals surface area contributed by atoms with Gasteiger partial charge in [0.1, 0.15) is 11.9 Å². The molecule has 0 bridgehead atoms. The molecule has 2 atom stereocenters. The Morgan fingerprint density at radius 3 is 2.40 bits per heavy atom. The highest BCUT2D eigenvalue weighted by Gasteiger charge is 2.29. The molecule has 1 amide bonds. The third kappa shape index (κ3) is 5.57. The quantitative estimate of drug-likeness (QED) is 0.612. The molecule has 8 heteroatoms. The van der Waals surface area contributed by atoms with E-state index in [0.29, 0.717) is 18.8 Å². The number of nitrogens with zero attached hydrogens (tertiary/aromatic N) is 2. The summed E-state index contributed by atoms with van der Waals surface area (Å²) in [6.45, 7) is 5.27. The summed E-state index contributed by atoms with van der Waals surface area (Å²) in [6.07, 6.45) is 2.36. The Bertz CT molecular complexity index is 574. The van der Waals surface area contributed by atoms with Crippen LogP contribution in [-0.2, 0) is 4.79 Å². The van der Waals surface area contributed by atoms with Gasteiger partial charge in [-0.25, -0.2) is 0 Å². The van der Waals surface area contributed by atoms with Gasteiger partial charge in [0.2, 0.25) is 5.91 Å². The van der Waals surface area contributed by atoms with Crippen LogP contribution < -0.4 is 10.5 Å². The van der Waals surface area contributed by atoms with Crippen LogP contribution in [0, 0.1) is 16.0 Å². The lowest BCUT2D eigenvalue weighted by Gasteiger charge is -2.34. The molecule has 1 aromatic carbocycles. The zero-order valence-electron chi connectivity index (χ0n) is 14.6. The number of halogens is 1. The van der Waals surface area contributed by atoms with Crippen LogP contribution in [-0.4, -0.2) is 41.0 Å². The van der Waals surface area contributed by atoms with Crippen LogP contribution in [0.4, 0.5) is 5.69 Å². The van der Waals surface area contributed by atoms with Crippen LogP contribution in [0.1, 0.15) is 33.1 Å². The smallest absolute Gasteiger partial charge is 0.269 e. The molecule has 1 aliphatic heterocycles. The molecule has 0 radical (unpaired) electrons. The van der Waals surface area contributed by atoms with Gasteiger partial charge in [-0.3, -0.25) is 14.9 Å². The average molecular weight is 372 g/mol. The highest BCUT2D eigenvalue weighted by Crippen LogP contribution is 2.22. The van der Waals surface area contributed by atoms with E-state index in [1.165, 1.54) is 12.1 Å². The van der Waals surface area contributed by atoms with Gasteiger partial charge in [-0.2, -0.15) is 0 Å². The maximum atomic E-state index is 12.4. The van der Waals surface area contributed by atoms with E-state index in [0.717, 1.165) is 19.3 Å². The highest BCUT2D eigenvalue weighted by atomic mass is 35.5. The number of piperidine rings is 1. The zero-order chi connectivity index (χ0) is 17.7. The Hall–Kier alpha value is -1.86. The number of nitro benzene ring substituents is 1. The van der Waals surface area contributed by atoms with Gasteiger partial charge >= 0.3 is 0 Å². The number of hydrogen-bond acceptors (Lipinski definition) is 5. The summed E-state index contributed by atoms with van der Waals surface area (Å²) in [5, 5.41) is 10.6. The van der Waals surface area contributed by atoms with Gasteiger partial charge in [-0.05, 0) is 18.1 Å². The van der Waals surface area contributed by atoms with Gasteiger partial charge in [0.25, 0.3) is 5.69 Å². The minimum Gasteiger partial charge on any atom is -0.490 e. The molecule has 1 fully saturated rings. The van der Waals surface area contributed by atoms with Crippen molar-refractivity contribution in [1.29, 1.82) is 0 Å². The van der Waals surface area contributed by atoms with Crippen molar-refractivity contribution in [3.8, 4) is 5.75 Å². The molecule has 1 aliphatic rings. The summed E-state index contributed by atoms with van der Waals surface area (Å²) < 4.78 is 5.86. The lowest BCUT2D eigenvalue weighted by Crippen LogP contribution is -2.50. The summed E-state index contributed by atoms with van der Waals surface area (Å²) in [7, 11) is 0.